The Balaban J connectivity index is 2.39. The van der Waals surface area contributed by atoms with Crippen molar-refractivity contribution >= 4 is 27.9 Å². The third kappa shape index (κ3) is 3.74. The summed E-state index contributed by atoms with van der Waals surface area (Å²) >= 11 is 5.81. The molecule has 7 heteroatoms. The van der Waals surface area contributed by atoms with Gasteiger partial charge in [0.05, 0.1) is 6.21 Å². The maximum Gasteiger partial charge on any atom is 0.339 e. The van der Waals surface area contributed by atoms with Gasteiger partial charge in [-0.25, -0.2) is 0 Å². The first-order valence-corrected chi connectivity index (χ1v) is 7.69. The summed E-state index contributed by atoms with van der Waals surface area (Å²) in [6.45, 7) is 1.85. The maximum absolute atomic E-state index is 12.2. The fourth-order valence-corrected chi connectivity index (χ4v) is 2.76. The van der Waals surface area contributed by atoms with Crippen molar-refractivity contribution in [1.29, 1.82) is 0 Å². The third-order valence-corrected chi connectivity index (χ3v) is 4.16. The molecule has 0 radical (unpaired) electrons. The van der Waals surface area contributed by atoms with E-state index in [4.69, 9.17) is 21.0 Å². The molecule has 21 heavy (non-hydrogen) atoms. The molecule has 0 aliphatic rings. The van der Waals surface area contributed by atoms with E-state index in [1.807, 2.05) is 6.92 Å². The average molecular weight is 326 g/mol. The van der Waals surface area contributed by atoms with E-state index in [1.54, 1.807) is 12.1 Å². The SMILES string of the molecule is Cc1ccc(S(=O)(=O)Oc2ccc(Cl)cc2/C=N/O)cc1. The second kappa shape index (κ2) is 6.15. The van der Waals surface area contributed by atoms with Crippen molar-refractivity contribution in [2.24, 2.45) is 5.16 Å². The van der Waals surface area contributed by atoms with E-state index < -0.39 is 10.1 Å². The lowest BCUT2D eigenvalue weighted by Gasteiger charge is -2.09. The molecular weight excluding hydrogens is 314 g/mol. The predicted octanol–water partition coefficient (Wildman–Crippen LogP) is 3.22. The molecule has 0 spiro atoms. The maximum atomic E-state index is 12.2. The minimum Gasteiger partial charge on any atom is -0.411 e. The van der Waals surface area contributed by atoms with Crippen LogP contribution in [-0.2, 0) is 10.1 Å². The van der Waals surface area contributed by atoms with Gasteiger partial charge in [-0.3, -0.25) is 0 Å². The fraction of sp³-hybridized carbons (Fsp3) is 0.0714. The van der Waals surface area contributed by atoms with Crippen molar-refractivity contribution in [2.75, 3.05) is 0 Å². The van der Waals surface area contributed by atoms with Crippen LogP contribution in [0.3, 0.4) is 0 Å². The van der Waals surface area contributed by atoms with Gasteiger partial charge in [-0.2, -0.15) is 8.42 Å². The minimum atomic E-state index is -3.97. The largest absolute Gasteiger partial charge is 0.411 e. The summed E-state index contributed by atoms with van der Waals surface area (Å²) in [7, 11) is -3.97. The first-order chi connectivity index (χ1) is 9.92. The molecule has 0 fully saturated rings. The molecule has 0 aliphatic heterocycles. The molecule has 0 saturated carbocycles. The van der Waals surface area contributed by atoms with Crippen molar-refractivity contribution in [3.8, 4) is 5.75 Å². The van der Waals surface area contributed by atoms with Gasteiger partial charge in [0, 0.05) is 10.6 Å². The third-order valence-electron chi connectivity index (χ3n) is 2.68. The van der Waals surface area contributed by atoms with Crippen molar-refractivity contribution < 1.29 is 17.8 Å². The van der Waals surface area contributed by atoms with E-state index in [0.29, 0.717) is 5.02 Å². The monoisotopic (exact) mass is 325 g/mol. The zero-order valence-corrected chi connectivity index (χ0v) is 12.6. The summed E-state index contributed by atoms with van der Waals surface area (Å²) in [4.78, 5) is 0.0370. The molecule has 1 N–H and O–H groups in total. The number of benzene rings is 2. The topological polar surface area (TPSA) is 76.0 Å². The summed E-state index contributed by atoms with van der Waals surface area (Å²) in [5, 5.41) is 11.8. The number of nitrogens with zero attached hydrogens (tertiary/aromatic N) is 1. The first kappa shape index (κ1) is 15.3. The van der Waals surface area contributed by atoms with E-state index in [0.717, 1.165) is 11.8 Å². The molecular formula is C14H12ClNO4S. The van der Waals surface area contributed by atoms with E-state index >= 15 is 0 Å². The van der Waals surface area contributed by atoms with Crippen molar-refractivity contribution in [1.82, 2.24) is 0 Å². The Morgan fingerprint density at radius 2 is 1.86 bits per heavy atom. The number of halogens is 1. The van der Waals surface area contributed by atoms with Gasteiger partial charge < -0.3 is 9.39 Å². The van der Waals surface area contributed by atoms with Gasteiger partial charge in [-0.15, -0.1) is 0 Å². The van der Waals surface area contributed by atoms with E-state index in [2.05, 4.69) is 5.16 Å². The van der Waals surface area contributed by atoms with Crippen LogP contribution in [0.2, 0.25) is 5.02 Å². The molecule has 0 bridgehead atoms. The fourth-order valence-electron chi connectivity index (χ4n) is 1.63. The van der Waals surface area contributed by atoms with Crippen LogP contribution < -0.4 is 4.18 Å². The summed E-state index contributed by atoms with van der Waals surface area (Å²) in [6, 6.07) is 10.6. The van der Waals surface area contributed by atoms with Crippen LogP contribution in [0.1, 0.15) is 11.1 Å². The van der Waals surface area contributed by atoms with Gasteiger partial charge in [0.2, 0.25) is 0 Å². The number of aryl methyl sites for hydroxylation is 1. The van der Waals surface area contributed by atoms with Gasteiger partial charge in [0.1, 0.15) is 4.90 Å². The molecule has 5 nitrogen and oxygen atoms in total. The second-order valence-corrected chi connectivity index (χ2v) is 6.26. The molecule has 0 aromatic heterocycles. The van der Waals surface area contributed by atoms with Crippen LogP contribution in [-0.4, -0.2) is 19.8 Å². The highest BCUT2D eigenvalue weighted by Crippen LogP contribution is 2.25. The highest BCUT2D eigenvalue weighted by Gasteiger charge is 2.18. The Labute approximate surface area is 127 Å². The Hall–Kier alpha value is -2.05. The molecule has 0 amide bonds. The van der Waals surface area contributed by atoms with Crippen LogP contribution in [0, 0.1) is 6.92 Å². The van der Waals surface area contributed by atoms with E-state index in [1.165, 1.54) is 30.3 Å². The number of rotatable bonds is 4. The average Bonchev–Trinajstić information content (AvgIpc) is 2.42. The molecule has 0 heterocycles. The van der Waals surface area contributed by atoms with E-state index in [9.17, 15) is 8.42 Å². The normalized spacial score (nSPS) is 11.7. The Kier molecular flexibility index (Phi) is 4.50. The Morgan fingerprint density at radius 1 is 1.19 bits per heavy atom. The van der Waals surface area contributed by atoms with Crippen LogP contribution >= 0.6 is 11.6 Å². The minimum absolute atomic E-state index is 0.0257. The highest BCUT2D eigenvalue weighted by atomic mass is 35.5. The van der Waals surface area contributed by atoms with Crippen LogP contribution in [0.25, 0.3) is 0 Å². The van der Waals surface area contributed by atoms with Crippen LogP contribution in [0.4, 0.5) is 0 Å². The molecule has 0 aliphatic carbocycles. The number of hydrogen-bond acceptors (Lipinski definition) is 5. The molecule has 110 valence electrons. The first-order valence-electron chi connectivity index (χ1n) is 5.90. The van der Waals surface area contributed by atoms with Gasteiger partial charge in [-0.05, 0) is 37.3 Å². The standard InChI is InChI=1S/C14H12ClNO4S/c1-10-2-5-13(6-3-10)21(18,19)20-14-7-4-12(15)8-11(14)9-16-17/h2-9,17H,1H3/b16-9+. The summed E-state index contributed by atoms with van der Waals surface area (Å²) in [5.74, 6) is 0.0257. The van der Waals surface area contributed by atoms with Crippen molar-refractivity contribution in [2.45, 2.75) is 11.8 Å². The molecule has 0 unspecified atom stereocenters. The lowest BCUT2D eigenvalue weighted by Crippen LogP contribution is -2.11. The zero-order valence-electron chi connectivity index (χ0n) is 11.0. The highest BCUT2D eigenvalue weighted by molar-refractivity contribution is 7.87. The quantitative estimate of drug-likeness (QED) is 0.405. The second-order valence-electron chi connectivity index (χ2n) is 4.28. The smallest absolute Gasteiger partial charge is 0.339 e. The Morgan fingerprint density at radius 3 is 2.48 bits per heavy atom. The van der Waals surface area contributed by atoms with Gasteiger partial charge >= 0.3 is 10.1 Å². The number of hydrogen-bond donors (Lipinski definition) is 1. The molecule has 0 saturated heterocycles. The van der Waals surface area contributed by atoms with Gasteiger partial charge in [-0.1, -0.05) is 34.5 Å². The van der Waals surface area contributed by atoms with E-state index in [-0.39, 0.29) is 16.2 Å². The van der Waals surface area contributed by atoms with Crippen molar-refractivity contribution in [3.05, 3.63) is 58.6 Å². The van der Waals surface area contributed by atoms with Crippen LogP contribution in [0.5, 0.6) is 5.75 Å². The van der Waals surface area contributed by atoms with Crippen molar-refractivity contribution in [3.63, 3.8) is 0 Å². The Bertz CT molecular complexity index is 770. The summed E-state index contributed by atoms with van der Waals surface area (Å²) in [6.07, 6.45) is 1.05. The van der Waals surface area contributed by atoms with Crippen LogP contribution in [0.15, 0.2) is 52.5 Å². The molecule has 0 atom stereocenters. The molecule has 2 rings (SSSR count). The van der Waals surface area contributed by atoms with Gasteiger partial charge in [0.15, 0.2) is 5.75 Å². The zero-order chi connectivity index (χ0) is 15.5. The molecule has 2 aromatic carbocycles. The predicted molar refractivity (Wildman–Crippen MR) is 79.8 cm³/mol. The number of oxime groups is 1. The molecule has 2 aromatic rings. The summed E-state index contributed by atoms with van der Waals surface area (Å²) < 4.78 is 29.5. The lowest BCUT2D eigenvalue weighted by molar-refractivity contribution is 0.321. The van der Waals surface area contributed by atoms with Gasteiger partial charge in [0.25, 0.3) is 0 Å². The lowest BCUT2D eigenvalue weighted by atomic mass is 10.2. The summed E-state index contributed by atoms with van der Waals surface area (Å²) in [5.41, 5.74) is 1.19.